The highest BCUT2D eigenvalue weighted by Gasteiger charge is 2.26. The Kier molecular flexibility index (Phi) is 6.20. The van der Waals surface area contributed by atoms with Crippen molar-refractivity contribution < 1.29 is 13.2 Å². The van der Waals surface area contributed by atoms with Gasteiger partial charge in [-0.2, -0.15) is 4.31 Å². The van der Waals surface area contributed by atoms with Crippen LogP contribution < -0.4 is 5.32 Å². The van der Waals surface area contributed by atoms with Gasteiger partial charge >= 0.3 is 0 Å². The first-order valence-corrected chi connectivity index (χ1v) is 11.2. The summed E-state index contributed by atoms with van der Waals surface area (Å²) in [6.45, 7) is 7.06. The summed E-state index contributed by atoms with van der Waals surface area (Å²) in [5, 5.41) is 2.99. The Morgan fingerprint density at radius 1 is 1.04 bits per heavy atom. The minimum absolute atomic E-state index is 0.172. The number of carbonyl (C=O) groups excluding carboxylic acids is 1. The van der Waals surface area contributed by atoms with Gasteiger partial charge in [0.25, 0.3) is 5.91 Å². The lowest BCUT2D eigenvalue weighted by atomic mass is 10.00. The van der Waals surface area contributed by atoms with Crippen molar-refractivity contribution in [2.75, 3.05) is 13.1 Å². The van der Waals surface area contributed by atoms with Crippen LogP contribution in [0.2, 0.25) is 0 Å². The van der Waals surface area contributed by atoms with Gasteiger partial charge in [0.05, 0.1) is 10.9 Å². The molecule has 150 valence electrons. The number of rotatable bonds is 5. The highest BCUT2D eigenvalue weighted by atomic mass is 32.2. The van der Waals surface area contributed by atoms with Crippen molar-refractivity contribution in [3.05, 3.63) is 64.7 Å². The highest BCUT2D eigenvalue weighted by molar-refractivity contribution is 7.89. The van der Waals surface area contributed by atoms with Gasteiger partial charge in [-0.05, 0) is 62.9 Å². The van der Waals surface area contributed by atoms with Crippen LogP contribution in [0.3, 0.4) is 0 Å². The number of nitrogens with one attached hydrogen (secondary N) is 1. The van der Waals surface area contributed by atoms with Crippen LogP contribution in [0.4, 0.5) is 0 Å². The van der Waals surface area contributed by atoms with E-state index in [4.69, 9.17) is 0 Å². The first kappa shape index (κ1) is 20.6. The second-order valence-electron chi connectivity index (χ2n) is 7.55. The maximum Gasteiger partial charge on any atom is 0.251 e. The molecule has 0 aliphatic carbocycles. The van der Waals surface area contributed by atoms with E-state index in [0.717, 1.165) is 36.0 Å². The van der Waals surface area contributed by atoms with Crippen molar-refractivity contribution in [3.8, 4) is 0 Å². The molecular weight excluding hydrogens is 372 g/mol. The van der Waals surface area contributed by atoms with Crippen LogP contribution in [-0.4, -0.2) is 31.7 Å². The van der Waals surface area contributed by atoms with Crippen LogP contribution in [0.1, 0.15) is 59.3 Å². The van der Waals surface area contributed by atoms with E-state index in [0.29, 0.717) is 18.7 Å². The van der Waals surface area contributed by atoms with Gasteiger partial charge in [-0.3, -0.25) is 4.79 Å². The second kappa shape index (κ2) is 8.45. The predicted molar refractivity (Wildman–Crippen MR) is 111 cm³/mol. The van der Waals surface area contributed by atoms with E-state index in [1.165, 1.54) is 10.4 Å². The van der Waals surface area contributed by atoms with E-state index >= 15 is 0 Å². The van der Waals surface area contributed by atoms with Crippen LogP contribution in [0.5, 0.6) is 0 Å². The van der Waals surface area contributed by atoms with E-state index in [1.807, 2.05) is 32.9 Å². The molecule has 2 aromatic carbocycles. The maximum atomic E-state index is 12.9. The fourth-order valence-corrected chi connectivity index (χ4v) is 5.20. The smallest absolute Gasteiger partial charge is 0.251 e. The number of nitrogens with zero attached hydrogens (tertiary/aromatic N) is 1. The molecule has 1 N–H and O–H groups in total. The van der Waals surface area contributed by atoms with Crippen LogP contribution >= 0.6 is 0 Å². The lowest BCUT2D eigenvalue weighted by Crippen LogP contribution is -2.35. The first-order valence-electron chi connectivity index (χ1n) is 9.77. The number of hydrogen-bond donors (Lipinski definition) is 1. The molecule has 0 unspecified atom stereocenters. The first-order chi connectivity index (χ1) is 13.3. The zero-order valence-electron chi connectivity index (χ0n) is 16.7. The van der Waals surface area contributed by atoms with Crippen LogP contribution in [0.15, 0.2) is 47.4 Å². The van der Waals surface area contributed by atoms with Crippen LogP contribution in [0.25, 0.3) is 0 Å². The molecule has 5 nitrogen and oxygen atoms in total. The summed E-state index contributed by atoms with van der Waals surface area (Å²) in [5.41, 5.74) is 3.66. The molecule has 1 aliphatic rings. The molecule has 3 rings (SSSR count). The number of hydrogen-bond acceptors (Lipinski definition) is 3. The molecule has 1 aliphatic heterocycles. The number of amides is 1. The Bertz CT molecular complexity index is 963. The molecule has 0 saturated carbocycles. The Morgan fingerprint density at radius 2 is 1.75 bits per heavy atom. The topological polar surface area (TPSA) is 66.5 Å². The average Bonchev–Trinajstić information content (AvgIpc) is 2.70. The van der Waals surface area contributed by atoms with Gasteiger partial charge in [0.15, 0.2) is 0 Å². The molecule has 1 saturated heterocycles. The summed E-state index contributed by atoms with van der Waals surface area (Å²) in [6.07, 6.45) is 2.82. The van der Waals surface area contributed by atoms with Gasteiger partial charge in [0.2, 0.25) is 10.0 Å². The molecule has 0 bridgehead atoms. The quantitative estimate of drug-likeness (QED) is 0.826. The molecule has 28 heavy (non-hydrogen) atoms. The fourth-order valence-electron chi connectivity index (χ4n) is 3.64. The monoisotopic (exact) mass is 400 g/mol. The normalized spacial score (nSPS) is 16.5. The van der Waals surface area contributed by atoms with Gasteiger partial charge in [-0.1, -0.05) is 36.2 Å². The van der Waals surface area contributed by atoms with E-state index in [-0.39, 0.29) is 16.8 Å². The third-order valence-corrected chi connectivity index (χ3v) is 7.19. The Labute approximate surface area is 167 Å². The lowest BCUT2D eigenvalue weighted by Gasteiger charge is -2.26. The van der Waals surface area contributed by atoms with E-state index in [9.17, 15) is 13.2 Å². The standard InChI is InChI=1S/C22H28N2O3S/c1-16-10-11-17(2)21(14-16)18(3)23-22(25)19-8-7-9-20(15-19)28(26,27)24-12-5-4-6-13-24/h7-11,14-15,18H,4-6,12-13H2,1-3H3,(H,23,25)/t18-/m0/s1. The minimum atomic E-state index is -3.56. The van der Waals surface area contributed by atoms with Gasteiger partial charge in [-0.15, -0.1) is 0 Å². The number of piperidine rings is 1. The second-order valence-corrected chi connectivity index (χ2v) is 9.49. The number of carbonyl (C=O) groups is 1. The molecule has 1 fully saturated rings. The lowest BCUT2D eigenvalue weighted by molar-refractivity contribution is 0.0939. The maximum absolute atomic E-state index is 12.9. The Balaban J connectivity index is 1.79. The van der Waals surface area contributed by atoms with Crippen molar-refractivity contribution in [3.63, 3.8) is 0 Å². The van der Waals surface area contributed by atoms with Gasteiger partial charge in [0.1, 0.15) is 0 Å². The van der Waals surface area contributed by atoms with E-state index in [1.54, 1.807) is 18.2 Å². The summed E-state index contributed by atoms with van der Waals surface area (Å²) in [5.74, 6) is -0.274. The number of sulfonamides is 1. The Hall–Kier alpha value is -2.18. The van der Waals surface area contributed by atoms with Crippen molar-refractivity contribution >= 4 is 15.9 Å². The molecule has 2 aromatic rings. The minimum Gasteiger partial charge on any atom is -0.346 e. The predicted octanol–water partition coefficient (Wildman–Crippen LogP) is 3.97. The van der Waals surface area contributed by atoms with Gasteiger partial charge in [-0.25, -0.2) is 8.42 Å². The van der Waals surface area contributed by atoms with Crippen molar-refractivity contribution in [2.24, 2.45) is 0 Å². The number of aryl methyl sites for hydroxylation is 2. The average molecular weight is 401 g/mol. The summed E-state index contributed by atoms with van der Waals surface area (Å²) in [6, 6.07) is 12.3. The fraction of sp³-hybridized carbons (Fsp3) is 0.409. The van der Waals surface area contributed by atoms with Crippen molar-refractivity contribution in [1.29, 1.82) is 0 Å². The molecule has 0 spiro atoms. The zero-order valence-corrected chi connectivity index (χ0v) is 17.6. The molecular formula is C22H28N2O3S. The Morgan fingerprint density at radius 3 is 2.46 bits per heavy atom. The van der Waals surface area contributed by atoms with E-state index in [2.05, 4.69) is 11.4 Å². The van der Waals surface area contributed by atoms with Crippen molar-refractivity contribution in [2.45, 2.75) is 51.0 Å². The molecule has 1 atom stereocenters. The third-order valence-electron chi connectivity index (χ3n) is 5.30. The van der Waals surface area contributed by atoms with Gasteiger partial charge < -0.3 is 5.32 Å². The molecule has 1 amide bonds. The van der Waals surface area contributed by atoms with Gasteiger partial charge in [0, 0.05) is 18.7 Å². The summed E-state index contributed by atoms with van der Waals surface area (Å²) in [7, 11) is -3.56. The number of benzene rings is 2. The SMILES string of the molecule is Cc1ccc(C)c([C@H](C)NC(=O)c2cccc(S(=O)(=O)N3CCCCC3)c2)c1. The van der Waals surface area contributed by atoms with Crippen LogP contribution in [-0.2, 0) is 10.0 Å². The molecule has 0 aromatic heterocycles. The highest BCUT2D eigenvalue weighted by Crippen LogP contribution is 2.23. The third kappa shape index (κ3) is 4.45. The molecule has 0 radical (unpaired) electrons. The van der Waals surface area contributed by atoms with E-state index < -0.39 is 10.0 Å². The van der Waals surface area contributed by atoms with Crippen LogP contribution in [0, 0.1) is 13.8 Å². The molecule has 6 heteroatoms. The largest absolute Gasteiger partial charge is 0.346 e. The zero-order chi connectivity index (χ0) is 20.3. The summed E-state index contributed by atoms with van der Waals surface area (Å²) in [4.78, 5) is 12.9. The molecule has 1 heterocycles. The van der Waals surface area contributed by atoms with Crippen molar-refractivity contribution in [1.82, 2.24) is 9.62 Å². The summed E-state index contributed by atoms with van der Waals surface area (Å²) >= 11 is 0. The summed E-state index contributed by atoms with van der Waals surface area (Å²) < 4.78 is 27.3.